The van der Waals surface area contributed by atoms with Crippen molar-refractivity contribution in [2.24, 2.45) is 5.10 Å². The van der Waals surface area contributed by atoms with Crippen molar-refractivity contribution in [3.8, 4) is 5.75 Å². The Morgan fingerprint density at radius 3 is 2.78 bits per heavy atom. The maximum Gasteiger partial charge on any atom is 0.338 e. The monoisotopic (exact) mass is 531 g/mol. The van der Waals surface area contributed by atoms with Crippen LogP contribution in [0.4, 0.5) is 5.69 Å². The lowest BCUT2D eigenvalue weighted by molar-refractivity contribution is -0.384. The second-order valence-electron chi connectivity index (χ2n) is 7.37. The quantitative estimate of drug-likeness (QED) is 0.146. The van der Waals surface area contributed by atoms with Gasteiger partial charge in [0, 0.05) is 34.0 Å². The molecule has 0 radical (unpaired) electrons. The van der Waals surface area contributed by atoms with E-state index in [1.807, 2.05) is 0 Å². The number of hydrogen-bond donors (Lipinski definition) is 3. The van der Waals surface area contributed by atoms with Gasteiger partial charge in [-0.25, -0.2) is 10.2 Å². The van der Waals surface area contributed by atoms with E-state index in [1.54, 1.807) is 38.1 Å². The van der Waals surface area contributed by atoms with Crippen molar-refractivity contribution in [3.05, 3.63) is 80.0 Å². The summed E-state index contributed by atoms with van der Waals surface area (Å²) in [5, 5.41) is 21.2. The van der Waals surface area contributed by atoms with Crippen LogP contribution in [-0.2, 0) is 14.3 Å². The van der Waals surface area contributed by atoms with Gasteiger partial charge in [-0.05, 0) is 38.2 Å². The van der Waals surface area contributed by atoms with Crippen molar-refractivity contribution in [1.29, 1.82) is 0 Å². The molecule has 188 valence electrons. The van der Waals surface area contributed by atoms with E-state index in [9.17, 15) is 19.7 Å². The van der Waals surface area contributed by atoms with Crippen LogP contribution in [0.2, 0.25) is 5.02 Å². The van der Waals surface area contributed by atoms with Gasteiger partial charge in [0.2, 0.25) is 0 Å². The Morgan fingerprint density at radius 2 is 2.06 bits per heavy atom. The van der Waals surface area contributed by atoms with Crippen LogP contribution in [0.3, 0.4) is 0 Å². The smallest absolute Gasteiger partial charge is 0.338 e. The standard InChI is InChI=1S/C23H22ClN5O6S/c1-3-34-22(31)20-13(2)26-23(36)27-21(20)16-6-4-5-7-18(16)35-12-19(30)28-25-11-14-10-15(29(32)33)8-9-17(14)24/h4-11,21H,3,12H2,1-2H3,(H,28,30)(H2,26,27,36)/t21-/m1/s1. The number of non-ortho nitro benzene ring substituents is 1. The molecule has 1 amide bonds. The molecule has 3 N–H and O–H groups in total. The number of thiocarbonyl (C=S) groups is 1. The number of amides is 1. The highest BCUT2D eigenvalue weighted by Gasteiger charge is 2.32. The number of carbonyl (C=O) groups is 2. The van der Waals surface area contributed by atoms with E-state index in [-0.39, 0.29) is 22.9 Å². The van der Waals surface area contributed by atoms with E-state index in [1.165, 1.54) is 24.4 Å². The molecule has 1 aliphatic heterocycles. The summed E-state index contributed by atoms with van der Waals surface area (Å²) in [5.41, 5.74) is 3.84. The molecule has 0 saturated carbocycles. The fourth-order valence-corrected chi connectivity index (χ4v) is 3.79. The summed E-state index contributed by atoms with van der Waals surface area (Å²) in [5.74, 6) is -0.756. The normalized spacial score (nSPS) is 15.2. The van der Waals surface area contributed by atoms with Crippen molar-refractivity contribution >= 4 is 52.7 Å². The van der Waals surface area contributed by atoms with Crippen LogP contribution in [0, 0.1) is 10.1 Å². The minimum atomic E-state index is -0.661. The Labute approximate surface area is 216 Å². The van der Waals surface area contributed by atoms with Gasteiger partial charge in [0.15, 0.2) is 11.7 Å². The first-order valence-corrected chi connectivity index (χ1v) is 11.4. The molecule has 36 heavy (non-hydrogen) atoms. The molecule has 0 fully saturated rings. The third kappa shape index (κ3) is 6.55. The summed E-state index contributed by atoms with van der Waals surface area (Å²) in [6.07, 6.45) is 1.19. The molecule has 11 nitrogen and oxygen atoms in total. The fraction of sp³-hybridized carbons (Fsp3) is 0.217. The van der Waals surface area contributed by atoms with Crippen molar-refractivity contribution in [2.45, 2.75) is 19.9 Å². The summed E-state index contributed by atoms with van der Waals surface area (Å²) in [7, 11) is 0. The molecule has 2 aromatic rings. The van der Waals surface area contributed by atoms with Gasteiger partial charge >= 0.3 is 5.97 Å². The molecule has 2 aromatic carbocycles. The van der Waals surface area contributed by atoms with Gasteiger partial charge in [0.1, 0.15) is 5.75 Å². The molecule has 13 heteroatoms. The molecular weight excluding hydrogens is 510 g/mol. The highest BCUT2D eigenvalue weighted by atomic mass is 35.5. The highest BCUT2D eigenvalue weighted by molar-refractivity contribution is 7.80. The summed E-state index contributed by atoms with van der Waals surface area (Å²) >= 11 is 11.3. The number of hydrogen-bond acceptors (Lipinski definition) is 8. The Bertz CT molecular complexity index is 1270. The molecule has 3 rings (SSSR count). The summed E-state index contributed by atoms with van der Waals surface area (Å²) in [6.45, 7) is 3.23. The zero-order chi connectivity index (χ0) is 26.2. The van der Waals surface area contributed by atoms with Crippen molar-refractivity contribution in [3.63, 3.8) is 0 Å². The van der Waals surface area contributed by atoms with E-state index < -0.39 is 29.4 Å². The molecule has 0 spiro atoms. The Balaban J connectivity index is 1.72. The zero-order valence-electron chi connectivity index (χ0n) is 19.2. The number of para-hydroxylation sites is 1. The van der Waals surface area contributed by atoms with Crippen LogP contribution in [0.5, 0.6) is 5.75 Å². The number of benzene rings is 2. The Kier molecular flexibility index (Phi) is 8.92. The van der Waals surface area contributed by atoms with Gasteiger partial charge in [0.25, 0.3) is 11.6 Å². The average Bonchev–Trinajstić information content (AvgIpc) is 2.83. The lowest BCUT2D eigenvalue weighted by Gasteiger charge is -2.30. The molecule has 1 heterocycles. The van der Waals surface area contributed by atoms with Crippen LogP contribution in [0.1, 0.15) is 31.0 Å². The van der Waals surface area contributed by atoms with E-state index in [0.29, 0.717) is 27.7 Å². The zero-order valence-corrected chi connectivity index (χ0v) is 20.8. The second kappa shape index (κ2) is 12.1. The van der Waals surface area contributed by atoms with E-state index in [4.69, 9.17) is 33.3 Å². The predicted molar refractivity (Wildman–Crippen MR) is 137 cm³/mol. The first-order valence-electron chi connectivity index (χ1n) is 10.6. The Morgan fingerprint density at radius 1 is 1.31 bits per heavy atom. The molecule has 0 aliphatic carbocycles. The number of esters is 1. The number of carbonyl (C=O) groups excluding carboxylic acids is 2. The van der Waals surface area contributed by atoms with Gasteiger partial charge < -0.3 is 20.1 Å². The van der Waals surface area contributed by atoms with Crippen LogP contribution in [0.25, 0.3) is 0 Å². The first-order chi connectivity index (χ1) is 17.2. The summed E-state index contributed by atoms with van der Waals surface area (Å²) < 4.78 is 10.9. The number of rotatable bonds is 9. The molecule has 1 atom stereocenters. The third-order valence-corrected chi connectivity index (χ3v) is 5.50. The van der Waals surface area contributed by atoms with E-state index in [2.05, 4.69) is 21.2 Å². The lowest BCUT2D eigenvalue weighted by atomic mass is 9.95. The molecular formula is C23H22ClN5O6S. The van der Waals surface area contributed by atoms with Crippen LogP contribution >= 0.6 is 23.8 Å². The summed E-state index contributed by atoms with van der Waals surface area (Å²) in [4.78, 5) is 35.3. The number of hydrazone groups is 1. The van der Waals surface area contributed by atoms with Gasteiger partial charge in [-0.15, -0.1) is 0 Å². The largest absolute Gasteiger partial charge is 0.483 e. The molecule has 0 bridgehead atoms. The number of nitro benzene ring substituents is 1. The number of nitrogens with one attached hydrogen (secondary N) is 3. The molecule has 1 aliphatic rings. The minimum absolute atomic E-state index is 0.162. The van der Waals surface area contributed by atoms with Gasteiger partial charge in [-0.1, -0.05) is 29.8 Å². The van der Waals surface area contributed by atoms with E-state index in [0.717, 1.165) is 0 Å². The Hall–Kier alpha value is -4.03. The van der Waals surface area contributed by atoms with Crippen molar-refractivity contribution in [2.75, 3.05) is 13.2 Å². The molecule has 0 saturated heterocycles. The minimum Gasteiger partial charge on any atom is -0.483 e. The van der Waals surface area contributed by atoms with E-state index >= 15 is 0 Å². The number of nitrogens with zero attached hydrogens (tertiary/aromatic N) is 2. The number of ether oxygens (including phenoxy) is 2. The number of nitro groups is 1. The lowest BCUT2D eigenvalue weighted by Crippen LogP contribution is -2.45. The average molecular weight is 532 g/mol. The molecule has 0 aromatic heterocycles. The topological polar surface area (TPSA) is 144 Å². The first kappa shape index (κ1) is 26.6. The third-order valence-electron chi connectivity index (χ3n) is 4.94. The van der Waals surface area contributed by atoms with Crippen molar-refractivity contribution < 1.29 is 24.0 Å². The highest BCUT2D eigenvalue weighted by Crippen LogP contribution is 2.33. The maximum absolute atomic E-state index is 12.6. The van der Waals surface area contributed by atoms with Gasteiger partial charge in [-0.3, -0.25) is 14.9 Å². The second-order valence-corrected chi connectivity index (χ2v) is 8.19. The van der Waals surface area contributed by atoms with Crippen LogP contribution in [-0.4, -0.2) is 41.3 Å². The van der Waals surface area contributed by atoms with Crippen LogP contribution < -0.4 is 20.8 Å². The predicted octanol–water partition coefficient (Wildman–Crippen LogP) is 3.13. The maximum atomic E-state index is 12.6. The molecule has 0 unspecified atom stereocenters. The number of allylic oxidation sites excluding steroid dienone is 1. The summed E-state index contributed by atoms with van der Waals surface area (Å²) in [6, 6.07) is 10.1. The van der Waals surface area contributed by atoms with Gasteiger partial charge in [0.05, 0.1) is 29.4 Å². The SMILES string of the molecule is CCOC(=O)C1=C(C)NC(=S)N[C@@H]1c1ccccc1OCC(=O)NN=Cc1cc([N+](=O)[O-])ccc1Cl. The fourth-order valence-electron chi connectivity index (χ4n) is 3.35. The number of halogens is 1. The van der Waals surface area contributed by atoms with Crippen LogP contribution in [0.15, 0.2) is 58.8 Å². The van der Waals surface area contributed by atoms with Gasteiger partial charge in [-0.2, -0.15) is 5.10 Å². The van der Waals surface area contributed by atoms with Crippen molar-refractivity contribution in [1.82, 2.24) is 16.1 Å².